The average Bonchev–Trinajstić information content (AvgIpc) is 1.88. The predicted molar refractivity (Wildman–Crippen MR) is 39.4 cm³/mol. The smallest absolute Gasteiger partial charge is 0.807 e. The van der Waals surface area contributed by atoms with Crippen LogP contribution in [0.2, 0.25) is 0 Å². The van der Waals surface area contributed by atoms with Gasteiger partial charge < -0.3 is 14.4 Å². The van der Waals surface area contributed by atoms with Gasteiger partial charge >= 0.3 is 48.9 Å². The van der Waals surface area contributed by atoms with Crippen LogP contribution in [0.5, 0.6) is 0 Å². The van der Waals surface area contributed by atoms with Crippen LogP contribution >= 0.6 is 7.60 Å². The molecule has 0 aromatic heterocycles. The van der Waals surface area contributed by atoms with Gasteiger partial charge in [0.1, 0.15) is 0 Å². The SMILES string of the molecule is O=P([O-])([O-])c1ccccc1.[Ba+2]. The quantitative estimate of drug-likeness (QED) is 0.485. The van der Waals surface area contributed by atoms with E-state index in [2.05, 4.69) is 0 Å². The summed E-state index contributed by atoms with van der Waals surface area (Å²) in [6, 6.07) is 7.23. The fourth-order valence-corrected chi connectivity index (χ4v) is 1.15. The third-order valence-corrected chi connectivity index (χ3v) is 2.00. The van der Waals surface area contributed by atoms with Crippen molar-refractivity contribution in [2.75, 3.05) is 0 Å². The van der Waals surface area contributed by atoms with Crippen LogP contribution in [0.3, 0.4) is 0 Å². The van der Waals surface area contributed by atoms with E-state index in [1.165, 1.54) is 24.3 Å². The summed E-state index contributed by atoms with van der Waals surface area (Å²) in [5.41, 5.74) is 0. The maximum absolute atomic E-state index is 10.3. The summed E-state index contributed by atoms with van der Waals surface area (Å²) in [6.45, 7) is 0. The molecule has 0 N–H and O–H groups in total. The molecule has 5 heteroatoms. The molecule has 0 unspecified atom stereocenters. The molecule has 0 atom stereocenters. The van der Waals surface area contributed by atoms with Crippen molar-refractivity contribution in [1.29, 1.82) is 0 Å². The van der Waals surface area contributed by atoms with E-state index in [0.29, 0.717) is 0 Å². The van der Waals surface area contributed by atoms with Crippen LogP contribution in [0.1, 0.15) is 0 Å². The van der Waals surface area contributed by atoms with Crippen molar-refractivity contribution in [3.05, 3.63) is 30.3 Å². The van der Waals surface area contributed by atoms with Crippen molar-refractivity contribution in [2.24, 2.45) is 0 Å². The summed E-state index contributed by atoms with van der Waals surface area (Å²) < 4.78 is 10.3. The van der Waals surface area contributed by atoms with Gasteiger partial charge in [0.2, 0.25) is 0 Å². The van der Waals surface area contributed by atoms with E-state index in [1.807, 2.05) is 0 Å². The van der Waals surface area contributed by atoms with E-state index in [-0.39, 0.29) is 54.2 Å². The third-order valence-electron chi connectivity index (χ3n) is 1.07. The number of benzene rings is 1. The molecule has 1 aromatic rings. The summed E-state index contributed by atoms with van der Waals surface area (Å²) in [6.07, 6.45) is 0. The monoisotopic (exact) mass is 294 g/mol. The fourth-order valence-electron chi connectivity index (χ4n) is 0.611. The van der Waals surface area contributed by atoms with Gasteiger partial charge in [0.25, 0.3) is 0 Å². The molecule has 0 amide bonds. The van der Waals surface area contributed by atoms with Crippen molar-refractivity contribution in [2.45, 2.75) is 0 Å². The zero-order valence-electron chi connectivity index (χ0n) is 5.77. The molecule has 0 aliphatic heterocycles. The summed E-state index contributed by atoms with van der Waals surface area (Å²) in [4.78, 5) is 20.6. The Morgan fingerprint density at radius 1 is 1.09 bits per heavy atom. The van der Waals surface area contributed by atoms with E-state index in [1.54, 1.807) is 6.07 Å². The van der Waals surface area contributed by atoms with Gasteiger partial charge in [-0.3, -0.25) is 0 Å². The van der Waals surface area contributed by atoms with E-state index in [9.17, 15) is 14.4 Å². The molecule has 0 bridgehead atoms. The van der Waals surface area contributed by atoms with Gasteiger partial charge in [0, 0.05) is 0 Å². The molecule has 0 fully saturated rings. The number of hydrogen-bond donors (Lipinski definition) is 0. The fraction of sp³-hybridized carbons (Fsp3) is 0. The molecule has 54 valence electrons. The Bertz CT molecular complexity index is 256. The Morgan fingerprint density at radius 3 is 1.82 bits per heavy atom. The first-order chi connectivity index (χ1) is 4.61. The summed E-state index contributed by atoms with van der Waals surface area (Å²) in [5, 5.41) is -0.157. The second-order valence-electron chi connectivity index (χ2n) is 1.83. The first-order valence-corrected chi connectivity index (χ1v) is 4.22. The van der Waals surface area contributed by atoms with Crippen molar-refractivity contribution in [3.63, 3.8) is 0 Å². The van der Waals surface area contributed by atoms with Crippen LogP contribution in [0, 0.1) is 0 Å². The first-order valence-electron chi connectivity index (χ1n) is 2.68. The molecule has 0 aliphatic carbocycles. The Morgan fingerprint density at radius 2 is 1.55 bits per heavy atom. The van der Waals surface area contributed by atoms with Crippen LogP contribution < -0.4 is 15.1 Å². The molecular formula is C6H5BaO3P. The minimum absolute atomic E-state index is 0. The van der Waals surface area contributed by atoms with Crippen LogP contribution in [-0.2, 0) is 4.57 Å². The molecule has 0 saturated heterocycles. The van der Waals surface area contributed by atoms with Gasteiger partial charge in [-0.25, -0.2) is 0 Å². The van der Waals surface area contributed by atoms with Crippen molar-refractivity contribution >= 4 is 61.8 Å². The van der Waals surface area contributed by atoms with Gasteiger partial charge in [-0.2, -0.15) is 0 Å². The van der Waals surface area contributed by atoms with Gasteiger partial charge in [-0.15, -0.1) is 0 Å². The Hall–Kier alpha value is 0.941. The largest absolute Gasteiger partial charge is 2.00 e. The van der Waals surface area contributed by atoms with Crippen LogP contribution in [0.25, 0.3) is 0 Å². The molecule has 0 saturated carbocycles. The average molecular weight is 293 g/mol. The normalized spacial score (nSPS) is 10.4. The van der Waals surface area contributed by atoms with Crippen molar-refractivity contribution in [1.82, 2.24) is 0 Å². The van der Waals surface area contributed by atoms with Gasteiger partial charge in [-0.1, -0.05) is 30.3 Å². The maximum atomic E-state index is 10.3. The third kappa shape index (κ3) is 3.92. The molecule has 0 heterocycles. The van der Waals surface area contributed by atoms with Crippen molar-refractivity contribution in [3.8, 4) is 0 Å². The van der Waals surface area contributed by atoms with Crippen LogP contribution in [0.4, 0.5) is 0 Å². The topological polar surface area (TPSA) is 63.2 Å². The van der Waals surface area contributed by atoms with E-state index in [4.69, 9.17) is 0 Å². The molecule has 0 radical (unpaired) electrons. The molecule has 1 rings (SSSR count). The van der Waals surface area contributed by atoms with E-state index in [0.717, 1.165) is 0 Å². The number of rotatable bonds is 1. The summed E-state index contributed by atoms with van der Waals surface area (Å²) >= 11 is 0. The molecule has 0 aliphatic rings. The Kier molecular flexibility index (Phi) is 5.26. The summed E-state index contributed by atoms with van der Waals surface area (Å²) in [5.74, 6) is 0. The van der Waals surface area contributed by atoms with Crippen LogP contribution in [-0.4, -0.2) is 48.9 Å². The van der Waals surface area contributed by atoms with Crippen LogP contribution in [0.15, 0.2) is 30.3 Å². The predicted octanol–water partition coefficient (Wildman–Crippen LogP) is -1.16. The van der Waals surface area contributed by atoms with Gasteiger partial charge in [-0.05, 0) is 12.9 Å². The maximum Gasteiger partial charge on any atom is 2.00 e. The zero-order valence-corrected chi connectivity index (χ0v) is 11.1. The minimum Gasteiger partial charge on any atom is -0.807 e. The Labute approximate surface area is 105 Å². The molecule has 1 aromatic carbocycles. The zero-order chi connectivity index (χ0) is 7.61. The molecular weight excluding hydrogens is 288 g/mol. The Balaban J connectivity index is 0.000001000. The first kappa shape index (κ1) is 11.9. The molecule has 0 spiro atoms. The minimum atomic E-state index is -4.52. The van der Waals surface area contributed by atoms with Gasteiger partial charge in [0.15, 0.2) is 0 Å². The molecule has 11 heavy (non-hydrogen) atoms. The second kappa shape index (κ2) is 4.84. The van der Waals surface area contributed by atoms with E-state index < -0.39 is 7.60 Å². The standard InChI is InChI=1S/C6H7O3P.Ba/c7-10(8,9)6-4-2-1-3-5-6;/h1-5H,(H2,7,8,9);/q;+2/p-2. The number of hydrogen-bond acceptors (Lipinski definition) is 3. The molecule has 3 nitrogen and oxygen atoms in total. The van der Waals surface area contributed by atoms with E-state index >= 15 is 0 Å². The van der Waals surface area contributed by atoms with Gasteiger partial charge in [0.05, 0.1) is 0 Å². The second-order valence-corrected chi connectivity index (χ2v) is 3.34. The van der Waals surface area contributed by atoms with Crippen molar-refractivity contribution < 1.29 is 14.4 Å². The summed E-state index contributed by atoms with van der Waals surface area (Å²) in [7, 11) is -4.52.